The molecule has 1 aromatic carbocycles. The minimum absolute atomic E-state index is 0.208. The lowest BCUT2D eigenvalue weighted by Crippen LogP contribution is -2.48. The van der Waals surface area contributed by atoms with Crippen molar-refractivity contribution in [2.45, 2.75) is 6.04 Å². The zero-order chi connectivity index (χ0) is 13.6. The first kappa shape index (κ1) is 11.9. The second kappa shape index (κ2) is 4.20. The van der Waals surface area contributed by atoms with E-state index in [0.717, 1.165) is 6.07 Å². The highest BCUT2D eigenvalue weighted by molar-refractivity contribution is 5.90. The van der Waals surface area contributed by atoms with Crippen LogP contribution in [0.4, 0.5) is 10.1 Å². The molecule has 0 aliphatic carbocycles. The number of hydrogen-bond donors (Lipinski definition) is 2. The van der Waals surface area contributed by atoms with E-state index in [2.05, 4.69) is 4.99 Å². The summed E-state index contributed by atoms with van der Waals surface area (Å²) in [4.78, 5) is 17.0. The van der Waals surface area contributed by atoms with Crippen LogP contribution in [0.15, 0.2) is 17.1 Å². The van der Waals surface area contributed by atoms with Crippen LogP contribution in [0.25, 0.3) is 0 Å². The Morgan fingerprint density at radius 3 is 3.11 bits per heavy atom. The van der Waals surface area contributed by atoms with Crippen LogP contribution in [0.3, 0.4) is 0 Å². The number of guanidine groups is 1. The molecule has 7 heteroatoms. The molecule has 19 heavy (non-hydrogen) atoms. The first-order chi connectivity index (χ1) is 9.08. The van der Waals surface area contributed by atoms with Crippen molar-refractivity contribution < 1.29 is 19.0 Å². The van der Waals surface area contributed by atoms with Crippen molar-refractivity contribution in [2.75, 3.05) is 19.8 Å². The van der Waals surface area contributed by atoms with Crippen LogP contribution in [0.2, 0.25) is 0 Å². The number of morpholine rings is 1. The molecule has 0 bridgehead atoms. The summed E-state index contributed by atoms with van der Waals surface area (Å²) in [5, 5.41) is 8.97. The van der Waals surface area contributed by atoms with Gasteiger partial charge in [-0.05, 0) is 6.07 Å². The normalized spacial score (nSPS) is 21.4. The Morgan fingerprint density at radius 2 is 2.37 bits per heavy atom. The maximum Gasteiger partial charge on any atom is 0.338 e. The van der Waals surface area contributed by atoms with Gasteiger partial charge >= 0.3 is 5.97 Å². The van der Waals surface area contributed by atoms with Crippen molar-refractivity contribution in [2.24, 2.45) is 10.7 Å². The standard InChI is InChI=1S/C12H12FN3O3/c13-8-4-9-7(3-6(8)11(17)18)10-5-19-2-1-16(10)12(14)15-9/h3-4,10H,1-2,5H2,(H2,14,15)(H,17,18)/t10-/m0/s1. The Bertz CT molecular complexity index is 588. The highest BCUT2D eigenvalue weighted by atomic mass is 19.1. The molecule has 100 valence electrons. The van der Waals surface area contributed by atoms with Gasteiger partial charge in [0.25, 0.3) is 0 Å². The van der Waals surface area contributed by atoms with Crippen LogP contribution in [-0.4, -0.2) is 41.7 Å². The molecule has 6 nitrogen and oxygen atoms in total. The molecule has 2 heterocycles. The Hall–Kier alpha value is -2.15. The smallest absolute Gasteiger partial charge is 0.338 e. The van der Waals surface area contributed by atoms with Crippen LogP contribution >= 0.6 is 0 Å². The van der Waals surface area contributed by atoms with Gasteiger partial charge in [-0.25, -0.2) is 14.2 Å². The molecular formula is C12H12FN3O3. The molecule has 0 radical (unpaired) electrons. The highest BCUT2D eigenvalue weighted by Gasteiger charge is 2.33. The SMILES string of the molecule is NC1=Nc2cc(F)c(C(=O)O)cc2[C@@H]2COCCN12. The minimum Gasteiger partial charge on any atom is -0.478 e. The maximum absolute atomic E-state index is 13.6. The summed E-state index contributed by atoms with van der Waals surface area (Å²) in [6.07, 6.45) is 0. The predicted molar refractivity (Wildman–Crippen MR) is 64.9 cm³/mol. The molecule has 0 unspecified atom stereocenters. The van der Waals surface area contributed by atoms with Crippen molar-refractivity contribution in [1.82, 2.24) is 4.90 Å². The number of ether oxygens (including phenoxy) is 1. The number of rotatable bonds is 1. The number of benzene rings is 1. The van der Waals surface area contributed by atoms with Gasteiger partial charge < -0.3 is 20.5 Å². The largest absolute Gasteiger partial charge is 0.478 e. The van der Waals surface area contributed by atoms with Crippen LogP contribution < -0.4 is 5.73 Å². The van der Waals surface area contributed by atoms with Gasteiger partial charge in [-0.2, -0.15) is 0 Å². The molecular weight excluding hydrogens is 253 g/mol. The number of fused-ring (bicyclic) bond motifs is 3. The Balaban J connectivity index is 2.15. The lowest BCUT2D eigenvalue weighted by molar-refractivity contribution is 0.0240. The molecule has 1 atom stereocenters. The molecule has 0 saturated carbocycles. The summed E-state index contributed by atoms with van der Waals surface area (Å²) in [7, 11) is 0. The van der Waals surface area contributed by atoms with Gasteiger partial charge in [0.05, 0.1) is 30.5 Å². The van der Waals surface area contributed by atoms with E-state index < -0.39 is 11.8 Å². The van der Waals surface area contributed by atoms with Gasteiger partial charge in [0.15, 0.2) is 5.96 Å². The van der Waals surface area contributed by atoms with Crippen LogP contribution in [0.1, 0.15) is 22.0 Å². The molecule has 3 rings (SSSR count). The quantitative estimate of drug-likeness (QED) is 0.786. The third-order valence-corrected chi connectivity index (χ3v) is 3.36. The topological polar surface area (TPSA) is 88.1 Å². The van der Waals surface area contributed by atoms with Gasteiger partial charge in [-0.15, -0.1) is 0 Å². The van der Waals surface area contributed by atoms with Gasteiger partial charge in [0.2, 0.25) is 0 Å². The minimum atomic E-state index is -1.30. The third-order valence-electron chi connectivity index (χ3n) is 3.36. The van der Waals surface area contributed by atoms with E-state index in [-0.39, 0.29) is 11.6 Å². The summed E-state index contributed by atoms with van der Waals surface area (Å²) < 4.78 is 19.0. The highest BCUT2D eigenvalue weighted by Crippen LogP contribution is 2.37. The third kappa shape index (κ3) is 1.82. The second-order valence-corrected chi connectivity index (χ2v) is 4.45. The van der Waals surface area contributed by atoms with E-state index >= 15 is 0 Å². The summed E-state index contributed by atoms with van der Waals surface area (Å²) in [6, 6.07) is 2.22. The van der Waals surface area contributed by atoms with E-state index in [4.69, 9.17) is 15.6 Å². The molecule has 1 saturated heterocycles. The first-order valence-electron chi connectivity index (χ1n) is 5.83. The van der Waals surface area contributed by atoms with Crippen molar-refractivity contribution in [3.05, 3.63) is 29.1 Å². The molecule has 2 aliphatic rings. The second-order valence-electron chi connectivity index (χ2n) is 4.45. The summed E-state index contributed by atoms with van der Waals surface area (Å²) in [5.74, 6) is -1.80. The summed E-state index contributed by atoms with van der Waals surface area (Å²) >= 11 is 0. The maximum atomic E-state index is 13.6. The number of carboxylic acid groups (broad SMARTS) is 1. The van der Waals surface area contributed by atoms with Crippen LogP contribution in [-0.2, 0) is 4.74 Å². The molecule has 1 aromatic rings. The van der Waals surface area contributed by atoms with Crippen molar-refractivity contribution in [3.8, 4) is 0 Å². The Morgan fingerprint density at radius 1 is 1.58 bits per heavy atom. The van der Waals surface area contributed by atoms with Gasteiger partial charge in [0.1, 0.15) is 5.82 Å². The Kier molecular flexibility index (Phi) is 2.63. The van der Waals surface area contributed by atoms with E-state index in [1.165, 1.54) is 6.07 Å². The van der Waals surface area contributed by atoms with Crippen molar-refractivity contribution >= 4 is 17.6 Å². The monoisotopic (exact) mass is 265 g/mol. The number of aromatic carboxylic acids is 1. The zero-order valence-corrected chi connectivity index (χ0v) is 9.97. The lowest BCUT2D eigenvalue weighted by Gasteiger charge is -2.39. The molecule has 3 N–H and O–H groups in total. The van der Waals surface area contributed by atoms with Crippen LogP contribution in [0.5, 0.6) is 0 Å². The number of halogens is 1. The fourth-order valence-electron chi connectivity index (χ4n) is 2.43. The van der Waals surface area contributed by atoms with Gasteiger partial charge in [0, 0.05) is 18.2 Å². The fraction of sp³-hybridized carbons (Fsp3) is 0.333. The summed E-state index contributed by atoms with van der Waals surface area (Å²) in [5.41, 5.74) is 6.47. The van der Waals surface area contributed by atoms with E-state index in [1.807, 2.05) is 4.90 Å². The summed E-state index contributed by atoms with van der Waals surface area (Å²) in [6.45, 7) is 1.50. The average molecular weight is 265 g/mol. The predicted octanol–water partition coefficient (Wildman–Crippen LogP) is 0.857. The Labute approximate surface area is 108 Å². The number of nitrogens with two attached hydrogens (primary N) is 1. The fourth-order valence-corrected chi connectivity index (χ4v) is 2.43. The first-order valence-corrected chi connectivity index (χ1v) is 5.83. The number of carbonyl (C=O) groups is 1. The van der Waals surface area contributed by atoms with E-state index in [9.17, 15) is 9.18 Å². The van der Waals surface area contributed by atoms with E-state index in [0.29, 0.717) is 37.0 Å². The number of nitrogens with zero attached hydrogens (tertiary/aromatic N) is 2. The lowest BCUT2D eigenvalue weighted by atomic mass is 9.98. The number of carboxylic acids is 1. The van der Waals surface area contributed by atoms with Crippen molar-refractivity contribution in [1.29, 1.82) is 0 Å². The molecule has 1 fully saturated rings. The number of hydrogen-bond acceptors (Lipinski definition) is 5. The zero-order valence-electron chi connectivity index (χ0n) is 9.97. The molecule has 0 aromatic heterocycles. The van der Waals surface area contributed by atoms with Crippen LogP contribution in [0, 0.1) is 5.82 Å². The van der Waals surface area contributed by atoms with Gasteiger partial charge in [-0.1, -0.05) is 0 Å². The number of aliphatic imine (C=N–C) groups is 1. The molecule has 0 amide bonds. The van der Waals surface area contributed by atoms with Crippen molar-refractivity contribution in [3.63, 3.8) is 0 Å². The molecule has 2 aliphatic heterocycles. The molecule has 0 spiro atoms. The van der Waals surface area contributed by atoms with Gasteiger partial charge in [-0.3, -0.25) is 0 Å². The average Bonchev–Trinajstić information content (AvgIpc) is 2.38. The van der Waals surface area contributed by atoms with E-state index in [1.54, 1.807) is 0 Å².